The molecule has 0 radical (unpaired) electrons. The zero-order chi connectivity index (χ0) is 18.0. The summed E-state index contributed by atoms with van der Waals surface area (Å²) in [5.41, 5.74) is -0.910. The van der Waals surface area contributed by atoms with E-state index in [9.17, 15) is 24.8 Å². The Morgan fingerprint density at radius 1 is 1.16 bits per heavy atom. The highest BCUT2D eigenvalue weighted by molar-refractivity contribution is 5.96. The molecule has 0 fully saturated rings. The van der Waals surface area contributed by atoms with Crippen LogP contribution in [0.15, 0.2) is 57.7 Å². The van der Waals surface area contributed by atoms with Crippen LogP contribution in [0.4, 0.5) is 11.4 Å². The van der Waals surface area contributed by atoms with Gasteiger partial charge in [0.1, 0.15) is 5.69 Å². The standard InChI is InChI=1S/C17H12N2O6/c20-14-11-7-4-8-12(19(23)24)15(11)25-16(17(21)22)13(14)18-9-10-5-2-1-3-6-10/h1-8,18H,9H2,(H,21,22). The van der Waals surface area contributed by atoms with Crippen molar-refractivity contribution in [1.29, 1.82) is 0 Å². The van der Waals surface area contributed by atoms with E-state index in [-0.39, 0.29) is 23.2 Å². The van der Waals surface area contributed by atoms with Crippen molar-refractivity contribution < 1.29 is 19.2 Å². The molecular weight excluding hydrogens is 328 g/mol. The smallest absolute Gasteiger partial charge is 0.374 e. The number of non-ortho nitro benzene ring substituents is 1. The first-order valence-corrected chi connectivity index (χ1v) is 7.24. The zero-order valence-electron chi connectivity index (χ0n) is 12.8. The molecule has 3 rings (SSSR count). The van der Waals surface area contributed by atoms with E-state index in [0.29, 0.717) is 0 Å². The van der Waals surface area contributed by atoms with Crippen molar-refractivity contribution in [2.75, 3.05) is 5.32 Å². The Morgan fingerprint density at radius 2 is 1.88 bits per heavy atom. The maximum atomic E-state index is 12.6. The molecule has 0 unspecified atom stereocenters. The van der Waals surface area contributed by atoms with Crippen LogP contribution in [0.25, 0.3) is 11.0 Å². The fraction of sp³-hybridized carbons (Fsp3) is 0.0588. The van der Waals surface area contributed by atoms with Crippen LogP contribution in [-0.2, 0) is 6.54 Å². The molecule has 25 heavy (non-hydrogen) atoms. The minimum atomic E-state index is -1.49. The summed E-state index contributed by atoms with van der Waals surface area (Å²) in [7, 11) is 0. The van der Waals surface area contributed by atoms with E-state index in [0.717, 1.165) is 11.6 Å². The Morgan fingerprint density at radius 3 is 2.52 bits per heavy atom. The highest BCUT2D eigenvalue weighted by atomic mass is 16.6. The Hall–Kier alpha value is -3.68. The van der Waals surface area contributed by atoms with E-state index in [1.165, 1.54) is 12.1 Å². The third kappa shape index (κ3) is 3.05. The van der Waals surface area contributed by atoms with Gasteiger partial charge in [0.05, 0.1) is 10.3 Å². The van der Waals surface area contributed by atoms with Gasteiger partial charge in [-0.25, -0.2) is 4.79 Å². The number of rotatable bonds is 5. The SMILES string of the molecule is O=C(O)c1oc2c([N+](=O)[O-])cccc2c(=O)c1NCc1ccccc1. The van der Waals surface area contributed by atoms with Crippen molar-refractivity contribution in [2.24, 2.45) is 0 Å². The van der Waals surface area contributed by atoms with Gasteiger partial charge in [-0.1, -0.05) is 36.4 Å². The second-order valence-corrected chi connectivity index (χ2v) is 5.19. The normalized spacial score (nSPS) is 10.6. The summed E-state index contributed by atoms with van der Waals surface area (Å²) in [6.07, 6.45) is 0. The molecule has 1 heterocycles. The Labute approximate surface area is 140 Å². The van der Waals surface area contributed by atoms with Crippen molar-refractivity contribution in [3.8, 4) is 0 Å². The number of carboxylic acids is 1. The van der Waals surface area contributed by atoms with Gasteiger partial charge in [0.15, 0.2) is 0 Å². The van der Waals surface area contributed by atoms with Gasteiger partial charge in [-0.05, 0) is 11.6 Å². The van der Waals surface area contributed by atoms with Crippen LogP contribution >= 0.6 is 0 Å². The Balaban J connectivity index is 2.16. The molecule has 126 valence electrons. The maximum Gasteiger partial charge on any atom is 0.374 e. The summed E-state index contributed by atoms with van der Waals surface area (Å²) in [6, 6.07) is 12.9. The highest BCUT2D eigenvalue weighted by Crippen LogP contribution is 2.27. The zero-order valence-corrected chi connectivity index (χ0v) is 12.8. The van der Waals surface area contributed by atoms with E-state index in [4.69, 9.17) is 4.42 Å². The molecule has 2 aromatic carbocycles. The third-order valence-corrected chi connectivity index (χ3v) is 3.60. The number of anilines is 1. The van der Waals surface area contributed by atoms with Gasteiger partial charge in [0.2, 0.25) is 16.8 Å². The second kappa shape index (κ2) is 6.44. The Bertz CT molecular complexity index is 1030. The number of nitro groups is 1. The fourth-order valence-corrected chi connectivity index (χ4v) is 2.44. The second-order valence-electron chi connectivity index (χ2n) is 5.19. The molecule has 0 bridgehead atoms. The van der Waals surface area contributed by atoms with Crippen LogP contribution < -0.4 is 10.7 Å². The largest absolute Gasteiger partial charge is 0.475 e. The first kappa shape index (κ1) is 16.2. The first-order valence-electron chi connectivity index (χ1n) is 7.24. The number of aromatic carboxylic acids is 1. The predicted octanol–water partition coefficient (Wildman–Crippen LogP) is 3.01. The summed E-state index contributed by atoms with van der Waals surface area (Å²) in [6.45, 7) is 0.201. The maximum absolute atomic E-state index is 12.6. The number of carbonyl (C=O) groups is 1. The van der Waals surface area contributed by atoms with E-state index < -0.39 is 27.8 Å². The summed E-state index contributed by atoms with van der Waals surface area (Å²) in [5, 5.41) is 23.1. The van der Waals surface area contributed by atoms with Crippen molar-refractivity contribution in [2.45, 2.75) is 6.54 Å². The van der Waals surface area contributed by atoms with E-state index in [2.05, 4.69) is 5.32 Å². The average molecular weight is 340 g/mol. The minimum Gasteiger partial charge on any atom is -0.475 e. The van der Waals surface area contributed by atoms with Gasteiger partial charge in [-0.15, -0.1) is 0 Å². The molecule has 0 aliphatic heterocycles. The van der Waals surface area contributed by atoms with Gasteiger partial charge < -0.3 is 14.8 Å². The first-order chi connectivity index (χ1) is 12.0. The number of nitro benzene ring substituents is 1. The van der Waals surface area contributed by atoms with Crippen molar-refractivity contribution in [3.63, 3.8) is 0 Å². The number of fused-ring (bicyclic) bond motifs is 1. The highest BCUT2D eigenvalue weighted by Gasteiger charge is 2.24. The van der Waals surface area contributed by atoms with Gasteiger partial charge in [-0.3, -0.25) is 14.9 Å². The number of benzene rings is 2. The van der Waals surface area contributed by atoms with E-state index in [1.807, 2.05) is 6.07 Å². The lowest BCUT2D eigenvalue weighted by molar-refractivity contribution is -0.383. The number of nitrogens with zero attached hydrogens (tertiary/aromatic N) is 1. The number of hydrogen-bond donors (Lipinski definition) is 2. The van der Waals surface area contributed by atoms with Crippen LogP contribution in [0, 0.1) is 10.1 Å². The molecule has 0 saturated heterocycles. The number of nitrogens with one attached hydrogen (secondary N) is 1. The van der Waals surface area contributed by atoms with Gasteiger partial charge >= 0.3 is 11.7 Å². The topological polar surface area (TPSA) is 123 Å². The summed E-state index contributed by atoms with van der Waals surface area (Å²) in [5.74, 6) is -2.16. The molecular formula is C17H12N2O6. The summed E-state index contributed by atoms with van der Waals surface area (Å²) < 4.78 is 5.21. The molecule has 0 aliphatic rings. The van der Waals surface area contributed by atoms with Gasteiger partial charge in [0.25, 0.3) is 0 Å². The van der Waals surface area contributed by atoms with Crippen LogP contribution in [0.5, 0.6) is 0 Å². The lowest BCUT2D eigenvalue weighted by Crippen LogP contribution is -2.17. The molecule has 0 aliphatic carbocycles. The predicted molar refractivity (Wildman–Crippen MR) is 89.9 cm³/mol. The van der Waals surface area contributed by atoms with E-state index in [1.54, 1.807) is 24.3 Å². The molecule has 2 N–H and O–H groups in total. The molecule has 1 aromatic heterocycles. The molecule has 0 saturated carbocycles. The number of hydrogen-bond acceptors (Lipinski definition) is 6. The lowest BCUT2D eigenvalue weighted by atomic mass is 10.1. The van der Waals surface area contributed by atoms with Gasteiger partial charge in [0, 0.05) is 12.6 Å². The van der Waals surface area contributed by atoms with Crippen LogP contribution in [-0.4, -0.2) is 16.0 Å². The van der Waals surface area contributed by atoms with Crippen LogP contribution in [0.1, 0.15) is 16.1 Å². The van der Waals surface area contributed by atoms with Crippen LogP contribution in [0.3, 0.4) is 0 Å². The number of para-hydroxylation sites is 1. The van der Waals surface area contributed by atoms with Crippen molar-refractivity contribution in [1.82, 2.24) is 0 Å². The quantitative estimate of drug-likeness (QED) is 0.540. The minimum absolute atomic E-state index is 0.0604. The average Bonchev–Trinajstić information content (AvgIpc) is 2.61. The summed E-state index contributed by atoms with van der Waals surface area (Å²) in [4.78, 5) is 34.5. The number of carboxylic acid groups (broad SMARTS) is 1. The van der Waals surface area contributed by atoms with Crippen LogP contribution in [0.2, 0.25) is 0 Å². The molecule has 8 nitrogen and oxygen atoms in total. The van der Waals surface area contributed by atoms with Crippen molar-refractivity contribution >= 4 is 28.3 Å². The van der Waals surface area contributed by atoms with Gasteiger partial charge in [-0.2, -0.15) is 0 Å². The molecule has 0 amide bonds. The molecule has 8 heteroatoms. The van der Waals surface area contributed by atoms with Crippen molar-refractivity contribution in [3.05, 3.63) is 80.2 Å². The summed E-state index contributed by atoms with van der Waals surface area (Å²) >= 11 is 0. The monoisotopic (exact) mass is 340 g/mol. The molecule has 0 spiro atoms. The third-order valence-electron chi connectivity index (χ3n) is 3.60. The molecule has 0 atom stereocenters. The van der Waals surface area contributed by atoms with E-state index >= 15 is 0 Å². The molecule has 3 aromatic rings. The lowest BCUT2D eigenvalue weighted by Gasteiger charge is -2.09. The Kier molecular flexibility index (Phi) is 4.17. The fourth-order valence-electron chi connectivity index (χ4n) is 2.44.